The number of rotatable bonds is 4. The van der Waals surface area contributed by atoms with E-state index in [1.165, 1.54) is 16.7 Å². The van der Waals surface area contributed by atoms with E-state index in [1.54, 1.807) is 6.07 Å². The Morgan fingerprint density at radius 2 is 1.94 bits per heavy atom. The van der Waals surface area contributed by atoms with Gasteiger partial charge in [0.2, 0.25) is 11.8 Å². The maximum atomic E-state index is 13.0. The van der Waals surface area contributed by atoms with Gasteiger partial charge in [-0.15, -0.1) is 0 Å². The van der Waals surface area contributed by atoms with Crippen LogP contribution < -0.4 is 19.7 Å². The molecular weight excluding hydrogens is 414 g/mol. The average molecular weight is 436 g/mol. The van der Waals surface area contributed by atoms with Crippen LogP contribution in [0.25, 0.3) is 10.9 Å². The summed E-state index contributed by atoms with van der Waals surface area (Å²) >= 11 is 1.40. The van der Waals surface area contributed by atoms with Crippen LogP contribution in [-0.2, 0) is 16.0 Å². The van der Waals surface area contributed by atoms with E-state index < -0.39 is 0 Å². The molecule has 31 heavy (non-hydrogen) atoms. The summed E-state index contributed by atoms with van der Waals surface area (Å²) in [6.45, 7) is 3.15. The number of ether oxygens (including phenoxy) is 2. The number of carbonyl (C=O) groups excluding carboxylic acids is 2. The number of para-hydroxylation sites is 2. The molecule has 0 radical (unpaired) electrons. The van der Waals surface area contributed by atoms with Crippen LogP contribution >= 0.6 is 11.8 Å². The molecule has 2 amide bonds. The Kier molecular flexibility index (Phi) is 5.15. The highest BCUT2D eigenvalue weighted by Crippen LogP contribution is 2.36. The Bertz CT molecular complexity index is 1200. The molecule has 1 N–H and O–H groups in total. The van der Waals surface area contributed by atoms with Gasteiger partial charge in [-0.05, 0) is 36.2 Å². The molecule has 0 saturated heterocycles. The minimum absolute atomic E-state index is 0.0195. The maximum absolute atomic E-state index is 13.0. The molecule has 8 heteroatoms. The van der Waals surface area contributed by atoms with Crippen molar-refractivity contribution in [2.45, 2.75) is 18.4 Å². The van der Waals surface area contributed by atoms with Gasteiger partial charge in [-0.1, -0.05) is 30.8 Å². The summed E-state index contributed by atoms with van der Waals surface area (Å²) in [5.74, 6) is 1.30. The first-order chi connectivity index (χ1) is 15.1. The molecule has 158 valence electrons. The zero-order chi connectivity index (χ0) is 21.4. The fourth-order valence-corrected chi connectivity index (χ4v) is 4.75. The van der Waals surface area contributed by atoms with Gasteiger partial charge in [0.25, 0.3) is 0 Å². The second-order valence-electron chi connectivity index (χ2n) is 7.33. The largest absolute Gasteiger partial charge is 0.486 e. The molecule has 3 aromatic rings. The maximum Gasteiger partial charge on any atom is 0.244 e. The van der Waals surface area contributed by atoms with Gasteiger partial charge in [-0.3, -0.25) is 9.59 Å². The first kappa shape index (κ1) is 19.7. The number of benzene rings is 2. The number of nitrogens with one attached hydrogen (secondary N) is 1. The quantitative estimate of drug-likeness (QED) is 0.630. The number of hydrogen-bond donors (Lipinski definition) is 1. The summed E-state index contributed by atoms with van der Waals surface area (Å²) in [5.41, 5.74) is 3.25. The van der Waals surface area contributed by atoms with Gasteiger partial charge in [0, 0.05) is 11.5 Å². The summed E-state index contributed by atoms with van der Waals surface area (Å²) in [4.78, 5) is 31.4. The van der Waals surface area contributed by atoms with Crippen LogP contribution in [0, 0.1) is 0 Å². The van der Waals surface area contributed by atoms with E-state index in [9.17, 15) is 9.59 Å². The molecule has 0 atom stereocenters. The van der Waals surface area contributed by atoms with Crippen LogP contribution in [0.4, 0.5) is 11.4 Å². The van der Waals surface area contributed by atoms with E-state index >= 15 is 0 Å². The van der Waals surface area contributed by atoms with Crippen LogP contribution in [0.15, 0.2) is 47.5 Å². The van der Waals surface area contributed by atoms with Crippen molar-refractivity contribution in [1.29, 1.82) is 0 Å². The fourth-order valence-electron chi connectivity index (χ4n) is 3.78. The van der Waals surface area contributed by atoms with Crippen molar-refractivity contribution >= 4 is 45.9 Å². The minimum Gasteiger partial charge on any atom is -0.486 e. The van der Waals surface area contributed by atoms with Crippen molar-refractivity contribution in [1.82, 2.24) is 4.98 Å². The highest BCUT2D eigenvalue weighted by Gasteiger charge is 2.26. The summed E-state index contributed by atoms with van der Waals surface area (Å²) in [7, 11) is 0. The van der Waals surface area contributed by atoms with Gasteiger partial charge in [0.1, 0.15) is 24.8 Å². The number of carbonyl (C=O) groups is 2. The number of aromatic nitrogens is 1. The van der Waals surface area contributed by atoms with Crippen molar-refractivity contribution in [2.75, 3.05) is 35.7 Å². The highest BCUT2D eigenvalue weighted by atomic mass is 32.2. The normalized spacial score (nSPS) is 14.9. The smallest absolute Gasteiger partial charge is 0.244 e. The average Bonchev–Trinajstić information content (AvgIpc) is 2.79. The zero-order valence-electron chi connectivity index (χ0n) is 17.0. The summed E-state index contributed by atoms with van der Waals surface area (Å²) in [6, 6.07) is 13.3. The SMILES string of the molecule is CCc1cc2cc3c(cc2nc1SCC(=O)N1CC(=O)Nc2ccccc21)OCCO3. The number of anilines is 2. The number of fused-ring (bicyclic) bond motifs is 3. The van der Waals surface area contributed by atoms with Gasteiger partial charge < -0.3 is 19.7 Å². The van der Waals surface area contributed by atoms with E-state index in [2.05, 4.69) is 18.3 Å². The lowest BCUT2D eigenvalue weighted by molar-refractivity contribution is -0.120. The van der Waals surface area contributed by atoms with Crippen molar-refractivity contribution in [3.05, 3.63) is 48.0 Å². The Balaban J connectivity index is 1.40. The molecule has 0 spiro atoms. The first-order valence-corrected chi connectivity index (χ1v) is 11.2. The van der Waals surface area contributed by atoms with Gasteiger partial charge in [-0.25, -0.2) is 4.98 Å². The Hall–Kier alpha value is -3.26. The summed E-state index contributed by atoms with van der Waals surface area (Å²) in [5, 5.41) is 4.61. The standard InChI is InChI=1S/C23H21N3O4S/c1-2-14-9-15-10-19-20(30-8-7-29-19)11-17(15)25-23(14)31-13-22(28)26-12-21(27)24-16-5-3-4-6-18(16)26/h3-6,9-11H,2,7-8,12-13H2,1H3,(H,24,27). The Morgan fingerprint density at radius 3 is 2.74 bits per heavy atom. The highest BCUT2D eigenvalue weighted by molar-refractivity contribution is 8.00. The molecule has 5 rings (SSSR count). The van der Waals surface area contributed by atoms with Gasteiger partial charge in [-0.2, -0.15) is 0 Å². The minimum atomic E-state index is -0.192. The Labute approximate surface area is 183 Å². The van der Waals surface area contributed by atoms with Crippen LogP contribution in [-0.4, -0.2) is 42.3 Å². The molecule has 7 nitrogen and oxygen atoms in total. The lowest BCUT2D eigenvalue weighted by Gasteiger charge is -2.29. The van der Waals surface area contributed by atoms with E-state index in [0.29, 0.717) is 24.7 Å². The Morgan fingerprint density at radius 1 is 1.16 bits per heavy atom. The molecule has 0 saturated carbocycles. The first-order valence-electron chi connectivity index (χ1n) is 10.2. The van der Waals surface area contributed by atoms with Crippen molar-refractivity contribution in [2.24, 2.45) is 0 Å². The van der Waals surface area contributed by atoms with Crippen LogP contribution in [0.3, 0.4) is 0 Å². The molecule has 2 aromatic carbocycles. The van der Waals surface area contributed by atoms with E-state index in [-0.39, 0.29) is 24.1 Å². The van der Waals surface area contributed by atoms with E-state index in [0.717, 1.165) is 39.4 Å². The third kappa shape index (κ3) is 3.79. The third-order valence-electron chi connectivity index (χ3n) is 5.30. The van der Waals surface area contributed by atoms with Crippen LogP contribution in [0.5, 0.6) is 11.5 Å². The van der Waals surface area contributed by atoms with E-state index in [1.807, 2.05) is 30.3 Å². The number of hydrogen-bond acceptors (Lipinski definition) is 6. The predicted molar refractivity (Wildman–Crippen MR) is 120 cm³/mol. The topological polar surface area (TPSA) is 80.8 Å². The second-order valence-corrected chi connectivity index (χ2v) is 8.29. The summed E-state index contributed by atoms with van der Waals surface area (Å²) < 4.78 is 11.4. The zero-order valence-corrected chi connectivity index (χ0v) is 17.8. The number of nitrogens with zero attached hydrogens (tertiary/aromatic N) is 2. The molecule has 2 aliphatic heterocycles. The molecule has 2 aliphatic rings. The number of amides is 2. The lowest BCUT2D eigenvalue weighted by atomic mass is 10.1. The molecule has 0 fully saturated rings. The second kappa shape index (κ2) is 8.11. The predicted octanol–water partition coefficient (Wildman–Crippen LogP) is 3.65. The molecule has 0 unspecified atom stereocenters. The van der Waals surface area contributed by atoms with Gasteiger partial charge in [0.05, 0.1) is 22.6 Å². The number of thioether (sulfide) groups is 1. The van der Waals surface area contributed by atoms with Gasteiger partial charge >= 0.3 is 0 Å². The fraction of sp³-hybridized carbons (Fsp3) is 0.261. The molecule has 0 aliphatic carbocycles. The van der Waals surface area contributed by atoms with E-state index in [4.69, 9.17) is 14.5 Å². The number of aryl methyl sites for hydroxylation is 1. The van der Waals surface area contributed by atoms with Crippen LogP contribution in [0.2, 0.25) is 0 Å². The lowest BCUT2D eigenvalue weighted by Crippen LogP contribution is -2.43. The van der Waals surface area contributed by atoms with Crippen molar-refractivity contribution in [3.8, 4) is 11.5 Å². The molecule has 3 heterocycles. The van der Waals surface area contributed by atoms with Crippen molar-refractivity contribution < 1.29 is 19.1 Å². The third-order valence-corrected chi connectivity index (χ3v) is 6.32. The molecule has 1 aromatic heterocycles. The van der Waals surface area contributed by atoms with Gasteiger partial charge in [0.15, 0.2) is 11.5 Å². The van der Waals surface area contributed by atoms with Crippen LogP contribution in [0.1, 0.15) is 12.5 Å². The summed E-state index contributed by atoms with van der Waals surface area (Å²) in [6.07, 6.45) is 0.795. The monoisotopic (exact) mass is 435 g/mol. The van der Waals surface area contributed by atoms with Crippen molar-refractivity contribution in [3.63, 3.8) is 0 Å². The number of pyridine rings is 1. The molecule has 0 bridgehead atoms. The molecular formula is C23H21N3O4S.